The maximum Gasteiger partial charge on any atom is 0.127 e. The number of hydrogen-bond donors (Lipinski definition) is 0. The van der Waals surface area contributed by atoms with Crippen molar-refractivity contribution in [1.82, 2.24) is 4.90 Å². The Labute approximate surface area is 117 Å². The van der Waals surface area contributed by atoms with E-state index in [1.807, 2.05) is 23.5 Å². The number of hydrogen-bond acceptors (Lipinski definition) is 2. The van der Waals surface area contributed by atoms with E-state index in [1.165, 1.54) is 10.4 Å². The van der Waals surface area contributed by atoms with Crippen molar-refractivity contribution >= 4 is 11.3 Å². The second-order valence-corrected chi connectivity index (χ2v) is 6.04. The summed E-state index contributed by atoms with van der Waals surface area (Å²) in [6, 6.07) is 9.79. The second-order valence-electron chi connectivity index (χ2n) is 5.04. The highest BCUT2D eigenvalue weighted by Crippen LogP contribution is 2.36. The Hall–Kier alpha value is -1.19. The third-order valence-electron chi connectivity index (χ3n) is 3.92. The summed E-state index contributed by atoms with van der Waals surface area (Å²) in [4.78, 5) is 3.92. The second kappa shape index (κ2) is 5.43. The standard InChI is InChI=1S/C16H18FNS/c1-2-15-13-8-10-19-16(13)7-9-18(15)11-12-5-3-4-6-14(12)17/h3-6,8,10,15H,2,7,9,11H2,1H3. The Morgan fingerprint density at radius 3 is 2.95 bits per heavy atom. The highest BCUT2D eigenvalue weighted by atomic mass is 32.1. The first kappa shape index (κ1) is 12.8. The van der Waals surface area contributed by atoms with Gasteiger partial charge in [0.05, 0.1) is 0 Å². The van der Waals surface area contributed by atoms with E-state index in [-0.39, 0.29) is 5.82 Å². The molecule has 0 bridgehead atoms. The van der Waals surface area contributed by atoms with Crippen LogP contribution in [0.5, 0.6) is 0 Å². The van der Waals surface area contributed by atoms with E-state index in [2.05, 4.69) is 23.3 Å². The highest BCUT2D eigenvalue weighted by molar-refractivity contribution is 7.10. The van der Waals surface area contributed by atoms with Crippen LogP contribution >= 0.6 is 11.3 Å². The minimum absolute atomic E-state index is 0.0894. The van der Waals surface area contributed by atoms with Gasteiger partial charge >= 0.3 is 0 Å². The fourth-order valence-corrected chi connectivity index (χ4v) is 3.89. The van der Waals surface area contributed by atoms with Crippen LogP contribution in [0.1, 0.15) is 35.4 Å². The zero-order chi connectivity index (χ0) is 13.2. The van der Waals surface area contributed by atoms with Crippen molar-refractivity contribution in [2.45, 2.75) is 32.4 Å². The molecule has 1 aliphatic rings. The molecule has 0 N–H and O–H groups in total. The molecule has 3 heteroatoms. The first-order chi connectivity index (χ1) is 9.29. The van der Waals surface area contributed by atoms with Gasteiger partial charge in [0.15, 0.2) is 0 Å². The van der Waals surface area contributed by atoms with E-state index in [0.717, 1.165) is 24.9 Å². The Morgan fingerprint density at radius 1 is 1.32 bits per heavy atom. The Bertz CT molecular complexity index is 563. The van der Waals surface area contributed by atoms with Crippen LogP contribution in [0.25, 0.3) is 0 Å². The molecule has 100 valence electrons. The summed E-state index contributed by atoms with van der Waals surface area (Å²) in [6.45, 7) is 3.95. The number of benzene rings is 1. The molecule has 1 aromatic carbocycles. The van der Waals surface area contributed by atoms with Crippen LogP contribution in [-0.4, -0.2) is 11.4 Å². The Morgan fingerprint density at radius 2 is 2.16 bits per heavy atom. The predicted molar refractivity (Wildman–Crippen MR) is 77.9 cm³/mol. The minimum atomic E-state index is -0.0894. The van der Waals surface area contributed by atoms with Crippen molar-refractivity contribution in [1.29, 1.82) is 0 Å². The Balaban J connectivity index is 1.84. The molecule has 1 atom stereocenters. The highest BCUT2D eigenvalue weighted by Gasteiger charge is 2.27. The molecule has 1 aliphatic heterocycles. The molecule has 0 radical (unpaired) electrons. The molecular weight excluding hydrogens is 257 g/mol. The Kier molecular flexibility index (Phi) is 3.67. The van der Waals surface area contributed by atoms with Gasteiger partial charge in [-0.25, -0.2) is 4.39 Å². The van der Waals surface area contributed by atoms with E-state index in [1.54, 1.807) is 12.1 Å². The van der Waals surface area contributed by atoms with E-state index < -0.39 is 0 Å². The summed E-state index contributed by atoms with van der Waals surface area (Å²) < 4.78 is 13.8. The van der Waals surface area contributed by atoms with Crippen molar-refractivity contribution in [3.63, 3.8) is 0 Å². The molecule has 1 aromatic heterocycles. The van der Waals surface area contributed by atoms with Crippen LogP contribution in [0, 0.1) is 5.82 Å². The average molecular weight is 275 g/mol. The van der Waals surface area contributed by atoms with E-state index in [0.29, 0.717) is 12.6 Å². The summed E-state index contributed by atoms with van der Waals surface area (Å²) in [5.74, 6) is -0.0894. The molecule has 0 saturated heterocycles. The van der Waals surface area contributed by atoms with Gasteiger partial charge in [-0.05, 0) is 35.9 Å². The zero-order valence-corrected chi connectivity index (χ0v) is 11.9. The molecule has 0 saturated carbocycles. The first-order valence-electron chi connectivity index (χ1n) is 6.83. The minimum Gasteiger partial charge on any atom is -0.292 e. The lowest BCUT2D eigenvalue weighted by Gasteiger charge is -2.35. The lowest BCUT2D eigenvalue weighted by Crippen LogP contribution is -2.34. The zero-order valence-electron chi connectivity index (χ0n) is 11.1. The number of rotatable bonds is 3. The molecule has 1 unspecified atom stereocenters. The fraction of sp³-hybridized carbons (Fsp3) is 0.375. The quantitative estimate of drug-likeness (QED) is 0.802. The van der Waals surface area contributed by atoms with Gasteiger partial charge in [-0.3, -0.25) is 4.90 Å². The van der Waals surface area contributed by atoms with Crippen molar-refractivity contribution in [3.8, 4) is 0 Å². The summed E-state index contributed by atoms with van der Waals surface area (Å²) >= 11 is 1.86. The third kappa shape index (κ3) is 2.45. The molecule has 3 rings (SSSR count). The fourth-order valence-electron chi connectivity index (χ4n) is 2.96. The van der Waals surface area contributed by atoms with Crippen LogP contribution in [0.2, 0.25) is 0 Å². The molecule has 0 amide bonds. The van der Waals surface area contributed by atoms with Crippen LogP contribution in [0.4, 0.5) is 4.39 Å². The molecule has 0 fully saturated rings. The molecule has 0 spiro atoms. The lowest BCUT2D eigenvalue weighted by atomic mass is 9.97. The van der Waals surface area contributed by atoms with Gasteiger partial charge in [0.2, 0.25) is 0 Å². The number of thiophene rings is 1. The molecule has 19 heavy (non-hydrogen) atoms. The van der Waals surface area contributed by atoms with Crippen molar-refractivity contribution in [3.05, 3.63) is 57.5 Å². The SMILES string of the molecule is CCC1c2ccsc2CCN1Cc1ccccc1F. The monoisotopic (exact) mass is 275 g/mol. The lowest BCUT2D eigenvalue weighted by molar-refractivity contribution is 0.171. The van der Waals surface area contributed by atoms with Gasteiger partial charge in [0, 0.05) is 29.6 Å². The summed E-state index contributed by atoms with van der Waals surface area (Å²) in [5, 5.41) is 2.18. The maximum absolute atomic E-state index is 13.8. The van der Waals surface area contributed by atoms with Gasteiger partial charge in [0.25, 0.3) is 0 Å². The molecule has 2 aromatic rings. The van der Waals surface area contributed by atoms with Crippen molar-refractivity contribution < 1.29 is 4.39 Å². The summed E-state index contributed by atoms with van der Waals surface area (Å²) in [5.41, 5.74) is 2.26. The van der Waals surface area contributed by atoms with E-state index >= 15 is 0 Å². The topological polar surface area (TPSA) is 3.24 Å². The summed E-state index contributed by atoms with van der Waals surface area (Å²) in [7, 11) is 0. The van der Waals surface area contributed by atoms with Crippen LogP contribution < -0.4 is 0 Å². The van der Waals surface area contributed by atoms with Gasteiger partial charge in [0.1, 0.15) is 5.82 Å². The van der Waals surface area contributed by atoms with Gasteiger partial charge in [-0.2, -0.15) is 0 Å². The van der Waals surface area contributed by atoms with E-state index in [4.69, 9.17) is 0 Å². The molecule has 1 nitrogen and oxygen atoms in total. The third-order valence-corrected chi connectivity index (χ3v) is 4.92. The predicted octanol–water partition coefficient (Wildman–Crippen LogP) is 4.40. The van der Waals surface area contributed by atoms with Crippen LogP contribution in [0.15, 0.2) is 35.7 Å². The largest absolute Gasteiger partial charge is 0.292 e. The first-order valence-corrected chi connectivity index (χ1v) is 7.71. The maximum atomic E-state index is 13.8. The van der Waals surface area contributed by atoms with Crippen molar-refractivity contribution in [2.24, 2.45) is 0 Å². The average Bonchev–Trinajstić information content (AvgIpc) is 2.89. The number of halogens is 1. The number of fused-ring (bicyclic) bond motifs is 1. The van der Waals surface area contributed by atoms with Crippen LogP contribution in [0.3, 0.4) is 0 Å². The van der Waals surface area contributed by atoms with Gasteiger partial charge in [-0.15, -0.1) is 11.3 Å². The van der Waals surface area contributed by atoms with E-state index in [9.17, 15) is 4.39 Å². The molecular formula is C16H18FNS. The summed E-state index contributed by atoms with van der Waals surface area (Å²) in [6.07, 6.45) is 2.18. The van der Waals surface area contributed by atoms with Crippen molar-refractivity contribution in [2.75, 3.05) is 6.54 Å². The molecule has 2 heterocycles. The van der Waals surface area contributed by atoms with Crippen LogP contribution in [-0.2, 0) is 13.0 Å². The van der Waals surface area contributed by atoms with Gasteiger partial charge < -0.3 is 0 Å². The smallest absolute Gasteiger partial charge is 0.127 e. The van der Waals surface area contributed by atoms with Gasteiger partial charge in [-0.1, -0.05) is 25.1 Å². The normalized spacial score (nSPS) is 19.4. The molecule has 0 aliphatic carbocycles. The number of nitrogens with zero attached hydrogens (tertiary/aromatic N) is 1.